The molecule has 0 bridgehead atoms. The Hall–Kier alpha value is -2.63. The van der Waals surface area contributed by atoms with Crippen molar-refractivity contribution >= 4 is 27.7 Å². The molecule has 1 amide bonds. The fraction of sp³-hybridized carbons (Fsp3) is 0.522. The molecule has 6 heteroatoms. The van der Waals surface area contributed by atoms with Gasteiger partial charge in [-0.1, -0.05) is 57.2 Å². The summed E-state index contributed by atoms with van der Waals surface area (Å²) in [7, 11) is 1.65. The zero-order chi connectivity index (χ0) is 20.4. The fourth-order valence-electron chi connectivity index (χ4n) is 4.70. The first-order valence-corrected chi connectivity index (χ1v) is 10.9. The molecule has 1 atom stereocenters. The number of nitrogens with zero attached hydrogens (tertiary/aromatic N) is 3. The highest BCUT2D eigenvalue weighted by atomic mass is 16.2. The molecule has 1 fully saturated rings. The molecule has 2 heterocycles. The van der Waals surface area contributed by atoms with E-state index in [1.54, 1.807) is 13.2 Å². The van der Waals surface area contributed by atoms with Crippen LogP contribution >= 0.6 is 0 Å². The van der Waals surface area contributed by atoms with Crippen LogP contribution in [-0.2, 0) is 11.8 Å². The maximum Gasteiger partial charge on any atom is 0.291 e. The van der Waals surface area contributed by atoms with Crippen LogP contribution in [-0.4, -0.2) is 26.3 Å². The van der Waals surface area contributed by atoms with Gasteiger partial charge in [-0.15, -0.1) is 0 Å². The molecule has 29 heavy (non-hydrogen) atoms. The van der Waals surface area contributed by atoms with Crippen LogP contribution in [0.2, 0.25) is 0 Å². The van der Waals surface area contributed by atoms with E-state index in [2.05, 4.69) is 10.4 Å². The van der Waals surface area contributed by atoms with Gasteiger partial charge in [0.15, 0.2) is 0 Å². The number of aryl methyl sites for hydroxylation is 1. The van der Waals surface area contributed by atoms with Gasteiger partial charge in [0.25, 0.3) is 5.56 Å². The second-order valence-corrected chi connectivity index (χ2v) is 8.20. The second-order valence-electron chi connectivity index (χ2n) is 8.20. The Labute approximate surface area is 170 Å². The van der Waals surface area contributed by atoms with E-state index in [-0.39, 0.29) is 17.5 Å². The number of fused-ring (bicyclic) bond motifs is 3. The van der Waals surface area contributed by atoms with E-state index in [1.165, 1.54) is 36.8 Å². The molecule has 6 nitrogen and oxygen atoms in total. The molecule has 1 aliphatic carbocycles. The van der Waals surface area contributed by atoms with Gasteiger partial charge in [-0.05, 0) is 25.3 Å². The van der Waals surface area contributed by atoms with E-state index in [1.807, 2.05) is 35.8 Å². The summed E-state index contributed by atoms with van der Waals surface area (Å²) >= 11 is 0. The van der Waals surface area contributed by atoms with Crippen LogP contribution in [0.15, 0.2) is 35.3 Å². The van der Waals surface area contributed by atoms with Crippen LogP contribution in [0.3, 0.4) is 0 Å². The predicted octanol–water partition coefficient (Wildman–Crippen LogP) is 4.07. The lowest BCUT2D eigenvalue weighted by molar-refractivity contribution is -0.125. The number of hydrogen-bond acceptors (Lipinski definition) is 3. The van der Waals surface area contributed by atoms with Crippen LogP contribution < -0.4 is 10.9 Å². The Bertz CT molecular complexity index is 1070. The summed E-state index contributed by atoms with van der Waals surface area (Å²) in [6.45, 7) is 2.01. The van der Waals surface area contributed by atoms with Crippen LogP contribution in [0.1, 0.15) is 64.3 Å². The first kappa shape index (κ1) is 19.7. The van der Waals surface area contributed by atoms with Crippen molar-refractivity contribution in [3.8, 4) is 0 Å². The van der Waals surface area contributed by atoms with Crippen molar-refractivity contribution in [2.75, 3.05) is 0 Å². The van der Waals surface area contributed by atoms with Crippen molar-refractivity contribution in [1.82, 2.24) is 19.7 Å². The summed E-state index contributed by atoms with van der Waals surface area (Å²) in [5.41, 5.74) is 1.30. The Morgan fingerprint density at radius 2 is 1.83 bits per heavy atom. The number of amides is 1. The molecule has 1 unspecified atom stereocenters. The van der Waals surface area contributed by atoms with Crippen LogP contribution in [0.5, 0.6) is 0 Å². The number of carbonyl (C=O) groups is 1. The van der Waals surface area contributed by atoms with Crippen molar-refractivity contribution in [1.29, 1.82) is 0 Å². The number of nitrogens with one attached hydrogen (secondary N) is 1. The normalized spacial score (nSPS) is 17.2. The summed E-state index contributed by atoms with van der Waals surface area (Å²) in [6, 6.07) is 7.70. The highest BCUT2D eigenvalue weighted by Crippen LogP contribution is 2.31. The van der Waals surface area contributed by atoms with Crippen molar-refractivity contribution in [2.45, 2.75) is 70.4 Å². The summed E-state index contributed by atoms with van der Waals surface area (Å²) in [5.74, 6) is 0.0135. The van der Waals surface area contributed by atoms with Crippen LogP contribution in [0.4, 0.5) is 0 Å². The van der Waals surface area contributed by atoms with Crippen molar-refractivity contribution in [2.24, 2.45) is 7.05 Å². The van der Waals surface area contributed by atoms with Gasteiger partial charge in [-0.25, -0.2) is 4.68 Å². The van der Waals surface area contributed by atoms with Gasteiger partial charge in [0.05, 0.1) is 11.7 Å². The molecule has 1 saturated carbocycles. The molecule has 1 N–H and O–H groups in total. The first-order chi connectivity index (χ1) is 14.1. The van der Waals surface area contributed by atoms with Crippen molar-refractivity contribution < 1.29 is 4.79 Å². The van der Waals surface area contributed by atoms with Gasteiger partial charge in [0.1, 0.15) is 11.6 Å². The molecule has 0 aliphatic heterocycles. The SMILES string of the molecule is CCC(C(=O)NC1CCCCCCC1)n1c2ccccc2c2cnn(C)c(=O)c21. The molecule has 154 valence electrons. The highest BCUT2D eigenvalue weighted by molar-refractivity contribution is 6.08. The van der Waals surface area contributed by atoms with Crippen molar-refractivity contribution in [3.05, 3.63) is 40.8 Å². The van der Waals surface area contributed by atoms with E-state index in [0.29, 0.717) is 11.9 Å². The van der Waals surface area contributed by atoms with Gasteiger partial charge in [-0.3, -0.25) is 9.59 Å². The zero-order valence-corrected chi connectivity index (χ0v) is 17.4. The third-order valence-corrected chi connectivity index (χ3v) is 6.26. The van der Waals surface area contributed by atoms with E-state index in [9.17, 15) is 9.59 Å². The highest BCUT2D eigenvalue weighted by Gasteiger charge is 2.27. The topological polar surface area (TPSA) is 68.9 Å². The zero-order valence-electron chi connectivity index (χ0n) is 17.4. The smallest absolute Gasteiger partial charge is 0.291 e. The summed E-state index contributed by atoms with van der Waals surface area (Å²) in [6.07, 6.45) is 10.6. The Balaban J connectivity index is 1.77. The lowest BCUT2D eigenvalue weighted by Gasteiger charge is -2.25. The van der Waals surface area contributed by atoms with Gasteiger partial charge < -0.3 is 9.88 Å². The fourth-order valence-corrected chi connectivity index (χ4v) is 4.70. The minimum absolute atomic E-state index is 0.0135. The van der Waals surface area contributed by atoms with Crippen LogP contribution in [0, 0.1) is 0 Å². The minimum atomic E-state index is -0.419. The van der Waals surface area contributed by atoms with Gasteiger partial charge in [-0.2, -0.15) is 5.10 Å². The van der Waals surface area contributed by atoms with Gasteiger partial charge >= 0.3 is 0 Å². The maximum atomic E-state index is 13.4. The molecule has 3 aromatic rings. The van der Waals surface area contributed by atoms with E-state index in [0.717, 1.165) is 29.1 Å². The van der Waals surface area contributed by atoms with Crippen molar-refractivity contribution in [3.63, 3.8) is 0 Å². The lowest BCUT2D eigenvalue weighted by Crippen LogP contribution is -2.40. The second kappa shape index (κ2) is 8.39. The minimum Gasteiger partial charge on any atom is -0.352 e. The summed E-state index contributed by atoms with van der Waals surface area (Å²) < 4.78 is 3.28. The lowest BCUT2D eigenvalue weighted by atomic mass is 9.96. The first-order valence-electron chi connectivity index (χ1n) is 10.9. The molecule has 1 aliphatic rings. The van der Waals surface area contributed by atoms with E-state index >= 15 is 0 Å². The molecule has 2 aromatic heterocycles. The van der Waals surface area contributed by atoms with Gasteiger partial charge in [0.2, 0.25) is 5.91 Å². The average Bonchev–Trinajstić information content (AvgIpc) is 3.03. The summed E-state index contributed by atoms with van der Waals surface area (Å²) in [4.78, 5) is 26.3. The number of para-hydroxylation sites is 1. The predicted molar refractivity (Wildman–Crippen MR) is 116 cm³/mol. The maximum absolute atomic E-state index is 13.4. The Morgan fingerprint density at radius 1 is 1.14 bits per heavy atom. The molecular formula is C23H30N4O2. The standard InChI is InChI=1S/C23H30N4O2/c1-3-19(22(28)25-16-11-7-5-4-6-8-12-16)27-20-14-10-9-13-17(20)18-15-24-26(2)23(29)21(18)27/h9-10,13-16,19H,3-8,11-12H2,1-2H3,(H,25,28). The quantitative estimate of drug-likeness (QED) is 0.725. The molecule has 0 saturated heterocycles. The largest absolute Gasteiger partial charge is 0.352 e. The number of carbonyl (C=O) groups excluding carboxylic acids is 1. The molecule has 0 radical (unpaired) electrons. The number of benzene rings is 1. The average molecular weight is 395 g/mol. The monoisotopic (exact) mass is 394 g/mol. The molecule has 0 spiro atoms. The summed E-state index contributed by atoms with van der Waals surface area (Å²) in [5, 5.41) is 9.28. The van der Waals surface area contributed by atoms with Crippen LogP contribution in [0.25, 0.3) is 21.8 Å². The molecule has 1 aromatic carbocycles. The molecular weight excluding hydrogens is 364 g/mol. The Kier molecular flexibility index (Phi) is 5.69. The van der Waals surface area contributed by atoms with E-state index in [4.69, 9.17) is 0 Å². The van der Waals surface area contributed by atoms with E-state index < -0.39 is 6.04 Å². The number of aromatic nitrogens is 3. The third kappa shape index (κ3) is 3.68. The van der Waals surface area contributed by atoms with Gasteiger partial charge in [0, 0.05) is 23.9 Å². The number of rotatable bonds is 4. The molecule has 4 rings (SSSR count). The number of hydrogen-bond donors (Lipinski definition) is 1. The third-order valence-electron chi connectivity index (χ3n) is 6.26. The Morgan fingerprint density at radius 3 is 2.55 bits per heavy atom.